The van der Waals surface area contributed by atoms with E-state index in [1.807, 2.05) is 0 Å². The van der Waals surface area contributed by atoms with E-state index in [2.05, 4.69) is 10.0 Å². The number of amides is 1. The predicted octanol–water partition coefficient (Wildman–Crippen LogP) is 2.68. The third-order valence-corrected chi connectivity index (χ3v) is 8.48. The van der Waals surface area contributed by atoms with Crippen LogP contribution in [0.1, 0.15) is 29.6 Å². The molecule has 0 saturated carbocycles. The first kappa shape index (κ1) is 22.7. The van der Waals surface area contributed by atoms with Gasteiger partial charge in [-0.2, -0.15) is 4.31 Å². The molecule has 0 radical (unpaired) electrons. The first-order valence-corrected chi connectivity index (χ1v) is 12.6. The SMILES string of the molecule is CNS(=O)(=O)c1ccc(NC(=O)c2cc(S(=O)(=O)N3CCCCC3)ccc2Cl)cc1. The zero-order valence-corrected chi connectivity index (χ0v) is 18.6. The molecule has 0 aliphatic carbocycles. The highest BCUT2D eigenvalue weighted by atomic mass is 35.5. The van der Waals surface area contributed by atoms with E-state index in [0.29, 0.717) is 18.8 Å². The summed E-state index contributed by atoms with van der Waals surface area (Å²) in [6.45, 7) is 0.905. The summed E-state index contributed by atoms with van der Waals surface area (Å²) in [7, 11) is -6.00. The van der Waals surface area contributed by atoms with Crippen LogP contribution in [0.15, 0.2) is 52.3 Å². The molecule has 2 aromatic carbocycles. The third-order valence-electron chi connectivity index (χ3n) is 4.83. The van der Waals surface area contributed by atoms with E-state index in [1.165, 1.54) is 53.8 Å². The van der Waals surface area contributed by atoms with Crippen molar-refractivity contribution in [2.24, 2.45) is 0 Å². The van der Waals surface area contributed by atoms with Crippen LogP contribution in [0.2, 0.25) is 5.02 Å². The molecule has 1 heterocycles. The molecule has 162 valence electrons. The number of nitrogens with one attached hydrogen (secondary N) is 2. The second kappa shape index (κ2) is 9.03. The minimum absolute atomic E-state index is 0.00871. The van der Waals surface area contributed by atoms with E-state index in [-0.39, 0.29) is 20.4 Å². The lowest BCUT2D eigenvalue weighted by atomic mass is 10.2. The Hall–Kier alpha value is -1.98. The molecule has 1 amide bonds. The minimum atomic E-state index is -3.71. The number of benzene rings is 2. The van der Waals surface area contributed by atoms with Gasteiger partial charge in [-0.15, -0.1) is 0 Å². The van der Waals surface area contributed by atoms with Gasteiger partial charge in [0.15, 0.2) is 0 Å². The summed E-state index contributed by atoms with van der Waals surface area (Å²) in [6.07, 6.45) is 2.60. The maximum absolute atomic E-state index is 12.9. The van der Waals surface area contributed by atoms with E-state index >= 15 is 0 Å². The van der Waals surface area contributed by atoms with Crippen molar-refractivity contribution in [1.29, 1.82) is 0 Å². The molecule has 30 heavy (non-hydrogen) atoms. The van der Waals surface area contributed by atoms with Crippen molar-refractivity contribution in [2.45, 2.75) is 29.1 Å². The van der Waals surface area contributed by atoms with Crippen LogP contribution < -0.4 is 10.0 Å². The number of carbonyl (C=O) groups is 1. The Bertz CT molecular complexity index is 1140. The van der Waals surface area contributed by atoms with Gasteiger partial charge in [0.2, 0.25) is 20.0 Å². The van der Waals surface area contributed by atoms with E-state index in [0.717, 1.165) is 19.3 Å². The molecule has 1 aliphatic heterocycles. The van der Waals surface area contributed by atoms with Gasteiger partial charge in [0.25, 0.3) is 5.91 Å². The zero-order chi connectivity index (χ0) is 21.9. The van der Waals surface area contributed by atoms with Crippen LogP contribution >= 0.6 is 11.6 Å². The van der Waals surface area contributed by atoms with Gasteiger partial charge in [-0.25, -0.2) is 21.6 Å². The monoisotopic (exact) mass is 471 g/mol. The van der Waals surface area contributed by atoms with Crippen LogP contribution in [0.25, 0.3) is 0 Å². The smallest absolute Gasteiger partial charge is 0.257 e. The lowest BCUT2D eigenvalue weighted by Gasteiger charge is -2.26. The van der Waals surface area contributed by atoms with E-state index < -0.39 is 26.0 Å². The van der Waals surface area contributed by atoms with Gasteiger partial charge in [-0.3, -0.25) is 4.79 Å². The summed E-state index contributed by atoms with van der Waals surface area (Å²) in [5, 5.41) is 2.72. The van der Waals surface area contributed by atoms with Gasteiger partial charge in [0.1, 0.15) is 0 Å². The Kier molecular flexibility index (Phi) is 6.83. The normalized spacial score (nSPS) is 15.7. The summed E-state index contributed by atoms with van der Waals surface area (Å²) in [5.74, 6) is -0.597. The number of anilines is 1. The van der Waals surface area contributed by atoms with E-state index in [1.54, 1.807) is 0 Å². The fourth-order valence-electron chi connectivity index (χ4n) is 3.13. The number of halogens is 1. The molecule has 1 aliphatic rings. The molecule has 0 unspecified atom stereocenters. The number of hydrogen-bond acceptors (Lipinski definition) is 5. The van der Waals surface area contributed by atoms with Crippen molar-refractivity contribution in [1.82, 2.24) is 9.03 Å². The molecule has 0 atom stereocenters. The van der Waals surface area contributed by atoms with Crippen LogP contribution in [-0.4, -0.2) is 47.2 Å². The van der Waals surface area contributed by atoms with Crippen molar-refractivity contribution in [3.8, 4) is 0 Å². The van der Waals surface area contributed by atoms with Crippen LogP contribution in [0.3, 0.4) is 0 Å². The molecule has 2 aromatic rings. The second-order valence-corrected chi connectivity index (χ2v) is 11.0. The number of nitrogens with zero attached hydrogens (tertiary/aromatic N) is 1. The third kappa shape index (κ3) is 4.84. The first-order valence-electron chi connectivity index (χ1n) is 9.30. The van der Waals surface area contributed by atoms with E-state index in [4.69, 9.17) is 11.6 Å². The number of carbonyl (C=O) groups excluding carboxylic acids is 1. The van der Waals surface area contributed by atoms with Gasteiger partial charge in [0.05, 0.1) is 20.4 Å². The summed E-state index contributed by atoms with van der Waals surface area (Å²) in [5.41, 5.74) is 0.358. The Morgan fingerprint density at radius 3 is 2.13 bits per heavy atom. The van der Waals surface area contributed by atoms with E-state index in [9.17, 15) is 21.6 Å². The summed E-state index contributed by atoms with van der Waals surface area (Å²) in [6, 6.07) is 9.60. The average molecular weight is 472 g/mol. The van der Waals surface area contributed by atoms with Crippen molar-refractivity contribution in [2.75, 3.05) is 25.5 Å². The maximum atomic E-state index is 12.9. The van der Waals surface area contributed by atoms with Crippen LogP contribution in [0, 0.1) is 0 Å². The molecule has 0 aromatic heterocycles. The number of rotatable bonds is 6. The fourth-order valence-corrected chi connectivity index (χ4v) is 5.60. The topological polar surface area (TPSA) is 113 Å². The van der Waals surface area contributed by atoms with Crippen molar-refractivity contribution in [3.63, 3.8) is 0 Å². The predicted molar refractivity (Wildman–Crippen MR) is 115 cm³/mol. The molecule has 0 bridgehead atoms. The van der Waals surface area contributed by atoms with Gasteiger partial charge in [-0.1, -0.05) is 18.0 Å². The van der Waals surface area contributed by atoms with Crippen molar-refractivity contribution < 1.29 is 21.6 Å². The largest absolute Gasteiger partial charge is 0.322 e. The molecular weight excluding hydrogens is 450 g/mol. The summed E-state index contributed by atoms with van der Waals surface area (Å²) < 4.78 is 53.0. The molecule has 11 heteroatoms. The highest BCUT2D eigenvalue weighted by Gasteiger charge is 2.27. The molecule has 8 nitrogen and oxygen atoms in total. The minimum Gasteiger partial charge on any atom is -0.322 e. The fraction of sp³-hybridized carbons (Fsp3) is 0.316. The molecule has 0 spiro atoms. The lowest BCUT2D eigenvalue weighted by Crippen LogP contribution is -2.35. The molecule has 3 rings (SSSR count). The Labute approximate surface area is 181 Å². The number of piperidine rings is 1. The quantitative estimate of drug-likeness (QED) is 0.672. The standard InChI is InChI=1S/C19H22ClN3O5S2/c1-21-29(25,26)15-7-5-14(6-8-15)22-19(24)17-13-16(9-10-18(17)20)30(27,28)23-11-3-2-4-12-23/h5-10,13,21H,2-4,11-12H2,1H3,(H,22,24). The highest BCUT2D eigenvalue weighted by molar-refractivity contribution is 7.89. The summed E-state index contributed by atoms with van der Waals surface area (Å²) in [4.78, 5) is 12.8. The van der Waals surface area contributed by atoms with Crippen LogP contribution in [0.4, 0.5) is 5.69 Å². The number of sulfonamides is 2. The van der Waals surface area contributed by atoms with Gasteiger partial charge in [-0.05, 0) is 62.4 Å². The van der Waals surface area contributed by atoms with Gasteiger partial charge < -0.3 is 5.32 Å². The van der Waals surface area contributed by atoms with Gasteiger partial charge >= 0.3 is 0 Å². The first-order chi connectivity index (χ1) is 14.1. The van der Waals surface area contributed by atoms with Crippen LogP contribution in [0.5, 0.6) is 0 Å². The lowest BCUT2D eigenvalue weighted by molar-refractivity contribution is 0.102. The number of hydrogen-bond donors (Lipinski definition) is 2. The average Bonchev–Trinajstić information content (AvgIpc) is 2.75. The molecular formula is C19H22ClN3O5S2. The van der Waals surface area contributed by atoms with Crippen molar-refractivity contribution >= 4 is 43.2 Å². The second-order valence-electron chi connectivity index (χ2n) is 6.79. The van der Waals surface area contributed by atoms with Gasteiger partial charge in [0, 0.05) is 18.8 Å². The molecule has 1 saturated heterocycles. The summed E-state index contributed by atoms with van der Waals surface area (Å²) >= 11 is 6.14. The zero-order valence-electron chi connectivity index (χ0n) is 16.3. The Balaban J connectivity index is 1.83. The Morgan fingerprint density at radius 1 is 0.933 bits per heavy atom. The highest BCUT2D eigenvalue weighted by Crippen LogP contribution is 2.26. The van der Waals surface area contributed by atoms with Crippen LogP contribution in [-0.2, 0) is 20.0 Å². The maximum Gasteiger partial charge on any atom is 0.257 e. The molecule has 1 fully saturated rings. The van der Waals surface area contributed by atoms with Crippen molar-refractivity contribution in [3.05, 3.63) is 53.1 Å². The molecule has 2 N–H and O–H groups in total. The Morgan fingerprint density at radius 2 is 1.53 bits per heavy atom.